The molecule has 4 rings (SSSR count). The molecule has 1 aromatic carbocycles. The molecule has 3 aliphatic rings. The van der Waals surface area contributed by atoms with Gasteiger partial charge in [0, 0.05) is 12.7 Å². The molecule has 2 N–H and O–H groups in total. The minimum absolute atomic E-state index is 0.282. The Morgan fingerprint density at radius 1 is 1.06 bits per heavy atom. The third-order valence-corrected chi connectivity index (χ3v) is 6.72. The van der Waals surface area contributed by atoms with Gasteiger partial charge in [0.1, 0.15) is 11.7 Å². The molecule has 0 aromatic heterocycles. The minimum atomic E-state index is -1.03. The normalized spacial score (nSPS) is 22.8. The second kappa shape index (κ2) is 11.9. The SMILES string of the molecule is O=C(OCC1CCCCC1)C(C(=O)N(CC1=CNC(Cl)C=C1)C1C=CC=CN1)c1ccccc1. The lowest BCUT2D eigenvalue weighted by molar-refractivity contribution is -0.153. The maximum absolute atomic E-state index is 14.0. The third kappa shape index (κ3) is 6.32. The van der Waals surface area contributed by atoms with Gasteiger partial charge in [-0.1, -0.05) is 73.3 Å². The van der Waals surface area contributed by atoms with Gasteiger partial charge in [-0.3, -0.25) is 9.59 Å². The van der Waals surface area contributed by atoms with Gasteiger partial charge < -0.3 is 20.3 Å². The first-order chi connectivity index (χ1) is 16.6. The molecule has 180 valence electrons. The van der Waals surface area contributed by atoms with Gasteiger partial charge in [0.25, 0.3) is 0 Å². The van der Waals surface area contributed by atoms with Crippen molar-refractivity contribution in [2.24, 2.45) is 5.92 Å². The van der Waals surface area contributed by atoms with Crippen molar-refractivity contribution in [2.75, 3.05) is 13.2 Å². The van der Waals surface area contributed by atoms with Crippen LogP contribution in [0.3, 0.4) is 0 Å². The number of alkyl halides is 1. The first kappa shape index (κ1) is 24.1. The number of rotatable bonds is 8. The molecule has 3 atom stereocenters. The van der Waals surface area contributed by atoms with Crippen LogP contribution in [0.4, 0.5) is 0 Å². The molecule has 1 aliphatic carbocycles. The zero-order valence-corrected chi connectivity index (χ0v) is 20.0. The van der Waals surface area contributed by atoms with Crippen LogP contribution in [0, 0.1) is 5.92 Å². The van der Waals surface area contributed by atoms with Crippen LogP contribution >= 0.6 is 11.6 Å². The molecule has 0 bridgehead atoms. The summed E-state index contributed by atoms with van der Waals surface area (Å²) >= 11 is 6.08. The predicted molar refractivity (Wildman–Crippen MR) is 134 cm³/mol. The average molecular weight is 482 g/mol. The van der Waals surface area contributed by atoms with E-state index in [1.54, 1.807) is 17.3 Å². The fraction of sp³-hybridized carbons (Fsp3) is 0.407. The smallest absolute Gasteiger partial charge is 0.323 e. The highest BCUT2D eigenvalue weighted by Gasteiger charge is 2.37. The number of hydrogen-bond acceptors (Lipinski definition) is 5. The van der Waals surface area contributed by atoms with E-state index in [1.165, 1.54) is 19.3 Å². The maximum Gasteiger partial charge on any atom is 0.323 e. The topological polar surface area (TPSA) is 70.7 Å². The Bertz CT molecular complexity index is 967. The van der Waals surface area contributed by atoms with Crippen LogP contribution in [0.1, 0.15) is 43.6 Å². The summed E-state index contributed by atoms with van der Waals surface area (Å²) < 4.78 is 5.76. The lowest BCUT2D eigenvalue weighted by atomic mass is 9.90. The van der Waals surface area contributed by atoms with Gasteiger partial charge in [0.15, 0.2) is 5.92 Å². The zero-order valence-electron chi connectivity index (χ0n) is 19.2. The zero-order chi connectivity index (χ0) is 23.8. The summed E-state index contributed by atoms with van der Waals surface area (Å²) in [6, 6.07) is 9.18. The Morgan fingerprint density at radius 3 is 2.53 bits per heavy atom. The predicted octanol–water partition coefficient (Wildman–Crippen LogP) is 4.33. The molecule has 2 aliphatic heterocycles. The number of halogens is 1. The van der Waals surface area contributed by atoms with Gasteiger partial charge in [-0.25, -0.2) is 0 Å². The van der Waals surface area contributed by atoms with Crippen molar-refractivity contribution in [1.82, 2.24) is 15.5 Å². The van der Waals surface area contributed by atoms with E-state index in [9.17, 15) is 9.59 Å². The summed E-state index contributed by atoms with van der Waals surface area (Å²) in [6.07, 6.45) is 18.3. The quantitative estimate of drug-likeness (QED) is 0.250. The Labute approximate surface area is 206 Å². The number of carbonyl (C=O) groups is 2. The van der Waals surface area contributed by atoms with Crippen LogP contribution in [0.5, 0.6) is 0 Å². The lowest BCUT2D eigenvalue weighted by Crippen LogP contribution is -2.50. The van der Waals surface area contributed by atoms with Gasteiger partial charge in [-0.15, -0.1) is 0 Å². The number of nitrogens with one attached hydrogen (secondary N) is 2. The number of esters is 1. The third-order valence-electron chi connectivity index (χ3n) is 6.45. The molecule has 34 heavy (non-hydrogen) atoms. The monoisotopic (exact) mass is 481 g/mol. The number of benzene rings is 1. The second-order valence-electron chi connectivity index (χ2n) is 8.95. The van der Waals surface area contributed by atoms with Crippen molar-refractivity contribution in [3.63, 3.8) is 0 Å². The summed E-state index contributed by atoms with van der Waals surface area (Å²) in [5.41, 5.74) is 1.24. The van der Waals surface area contributed by atoms with Crippen molar-refractivity contribution in [2.45, 2.75) is 49.7 Å². The number of carbonyl (C=O) groups excluding carboxylic acids is 2. The molecular formula is C27H32ClN3O3. The highest BCUT2D eigenvalue weighted by Crippen LogP contribution is 2.27. The summed E-state index contributed by atoms with van der Waals surface area (Å²) in [6.45, 7) is 0.676. The van der Waals surface area contributed by atoms with E-state index < -0.39 is 18.1 Å². The molecule has 0 saturated heterocycles. The van der Waals surface area contributed by atoms with E-state index in [4.69, 9.17) is 16.3 Å². The van der Waals surface area contributed by atoms with Crippen LogP contribution in [-0.4, -0.2) is 41.6 Å². The van der Waals surface area contributed by atoms with E-state index in [0.29, 0.717) is 24.6 Å². The summed E-state index contributed by atoms with van der Waals surface area (Å²) in [4.78, 5) is 29.0. The standard InChI is InChI=1S/C27H32ClN3O3/c28-23-15-14-21(17-30-23)18-31(24-13-7-8-16-29-24)26(32)25(22-11-5-2-6-12-22)27(33)34-19-20-9-3-1-4-10-20/h2,5-8,11-17,20,23-25,29-30H,1,3-4,9-10,18-19H2. The van der Waals surface area contributed by atoms with Crippen LogP contribution in [0.2, 0.25) is 0 Å². The molecule has 1 amide bonds. The largest absolute Gasteiger partial charge is 0.465 e. The van der Waals surface area contributed by atoms with Crippen LogP contribution in [-0.2, 0) is 14.3 Å². The van der Waals surface area contributed by atoms with Crippen molar-refractivity contribution < 1.29 is 14.3 Å². The molecular weight excluding hydrogens is 450 g/mol. The second-order valence-corrected chi connectivity index (χ2v) is 9.42. The Balaban J connectivity index is 1.57. The van der Waals surface area contributed by atoms with Crippen molar-refractivity contribution in [3.8, 4) is 0 Å². The molecule has 0 spiro atoms. The van der Waals surface area contributed by atoms with Gasteiger partial charge in [-0.2, -0.15) is 0 Å². The van der Waals surface area contributed by atoms with Gasteiger partial charge in [0.2, 0.25) is 5.91 Å². The van der Waals surface area contributed by atoms with E-state index in [2.05, 4.69) is 10.6 Å². The highest BCUT2D eigenvalue weighted by molar-refractivity contribution is 6.21. The molecule has 1 saturated carbocycles. The van der Waals surface area contributed by atoms with E-state index in [1.807, 2.05) is 60.7 Å². The Kier molecular flexibility index (Phi) is 8.47. The first-order valence-electron chi connectivity index (χ1n) is 12.0. The molecule has 1 aromatic rings. The van der Waals surface area contributed by atoms with E-state index in [0.717, 1.165) is 18.4 Å². The Hall–Kier alpha value is -2.99. The molecule has 0 radical (unpaired) electrons. The highest BCUT2D eigenvalue weighted by atomic mass is 35.5. The summed E-state index contributed by atoms with van der Waals surface area (Å²) in [5.74, 6) is -1.46. The van der Waals surface area contributed by atoms with E-state index in [-0.39, 0.29) is 11.4 Å². The van der Waals surface area contributed by atoms with Crippen molar-refractivity contribution in [3.05, 3.63) is 84.2 Å². The molecule has 2 heterocycles. The number of ether oxygens (including phenoxy) is 1. The first-order valence-corrected chi connectivity index (χ1v) is 12.4. The van der Waals surface area contributed by atoms with Gasteiger partial charge in [-0.05, 0) is 54.3 Å². The minimum Gasteiger partial charge on any atom is -0.465 e. The van der Waals surface area contributed by atoms with Crippen molar-refractivity contribution >= 4 is 23.5 Å². The van der Waals surface area contributed by atoms with Crippen LogP contribution in [0.25, 0.3) is 0 Å². The molecule has 1 fully saturated rings. The average Bonchev–Trinajstić information content (AvgIpc) is 2.89. The molecule has 6 nitrogen and oxygen atoms in total. The summed E-state index contributed by atoms with van der Waals surface area (Å²) in [5, 5.41) is 6.27. The number of hydrogen-bond donors (Lipinski definition) is 2. The summed E-state index contributed by atoms with van der Waals surface area (Å²) in [7, 11) is 0. The van der Waals surface area contributed by atoms with Crippen LogP contribution < -0.4 is 10.6 Å². The number of allylic oxidation sites excluding steroid dienone is 2. The number of nitrogens with zero attached hydrogens (tertiary/aromatic N) is 1. The van der Waals surface area contributed by atoms with Crippen molar-refractivity contribution in [1.29, 1.82) is 0 Å². The van der Waals surface area contributed by atoms with E-state index >= 15 is 0 Å². The fourth-order valence-electron chi connectivity index (χ4n) is 4.56. The maximum atomic E-state index is 14.0. The molecule has 7 heteroatoms. The lowest BCUT2D eigenvalue weighted by Gasteiger charge is -2.34. The van der Waals surface area contributed by atoms with Gasteiger partial charge in [0.05, 0.1) is 6.61 Å². The number of dihydropyridines is 2. The molecule has 3 unspecified atom stereocenters. The Morgan fingerprint density at radius 2 is 1.85 bits per heavy atom. The fourth-order valence-corrected chi connectivity index (χ4v) is 4.70. The number of amides is 1. The van der Waals surface area contributed by atoms with Crippen LogP contribution in [0.15, 0.2) is 78.7 Å². The van der Waals surface area contributed by atoms with Gasteiger partial charge >= 0.3 is 5.97 Å².